The average molecular weight is 473 g/mol. The zero-order chi connectivity index (χ0) is 24.9. The first-order valence-electron chi connectivity index (χ1n) is 12.2. The average Bonchev–Trinajstić information content (AvgIpc) is 3.34. The van der Waals surface area contributed by atoms with E-state index in [1.54, 1.807) is 0 Å². The molecule has 36 heavy (non-hydrogen) atoms. The molecule has 1 amide bonds. The molecule has 5 aromatic rings. The maximum Gasteiger partial charge on any atom is 0.251 e. The normalized spacial score (nSPS) is 11.8. The molecule has 1 heterocycles. The molecule has 0 aliphatic carbocycles. The largest absolute Gasteiger partial charge is 0.345 e. The van der Waals surface area contributed by atoms with Gasteiger partial charge in [-0.15, -0.1) is 0 Å². The van der Waals surface area contributed by atoms with Crippen molar-refractivity contribution in [2.75, 3.05) is 0 Å². The van der Waals surface area contributed by atoms with Crippen molar-refractivity contribution in [1.29, 1.82) is 0 Å². The molecule has 0 aliphatic heterocycles. The van der Waals surface area contributed by atoms with Crippen molar-refractivity contribution in [3.8, 4) is 11.1 Å². The first kappa shape index (κ1) is 23.3. The molecule has 0 aliphatic rings. The van der Waals surface area contributed by atoms with Gasteiger partial charge in [0, 0.05) is 34.8 Å². The Labute approximate surface area is 211 Å². The molecule has 0 saturated heterocycles. The Morgan fingerprint density at radius 1 is 0.889 bits per heavy atom. The van der Waals surface area contributed by atoms with Gasteiger partial charge in [-0.1, -0.05) is 85.8 Å². The predicted octanol–water partition coefficient (Wildman–Crippen LogP) is 7.05. The van der Waals surface area contributed by atoms with Crippen LogP contribution in [0, 0.1) is 0 Å². The van der Waals surface area contributed by atoms with Gasteiger partial charge in [-0.3, -0.25) is 9.59 Å². The molecule has 4 aromatic carbocycles. The van der Waals surface area contributed by atoms with Crippen molar-refractivity contribution >= 4 is 23.1 Å². The lowest BCUT2D eigenvalue weighted by molar-refractivity contribution is 0.0935. The van der Waals surface area contributed by atoms with E-state index in [1.165, 1.54) is 5.56 Å². The summed E-state index contributed by atoms with van der Waals surface area (Å²) in [6.07, 6.45) is 3.75. The van der Waals surface area contributed by atoms with E-state index in [9.17, 15) is 9.59 Å². The van der Waals surface area contributed by atoms with Crippen molar-refractivity contribution in [2.45, 2.75) is 25.9 Å². The highest BCUT2D eigenvalue weighted by Crippen LogP contribution is 2.27. The molecule has 1 unspecified atom stereocenters. The van der Waals surface area contributed by atoms with Crippen LogP contribution < -0.4 is 5.32 Å². The summed E-state index contributed by atoms with van der Waals surface area (Å²) < 4.78 is 2.20. The molecule has 1 N–H and O–H groups in total. The van der Waals surface area contributed by atoms with Crippen LogP contribution in [0.3, 0.4) is 0 Å². The van der Waals surface area contributed by atoms with Gasteiger partial charge in [0.25, 0.3) is 5.91 Å². The van der Waals surface area contributed by atoms with E-state index >= 15 is 0 Å². The van der Waals surface area contributed by atoms with E-state index in [0.717, 1.165) is 40.3 Å². The van der Waals surface area contributed by atoms with E-state index in [-0.39, 0.29) is 11.9 Å². The molecule has 0 fully saturated rings. The first-order chi connectivity index (χ1) is 17.7. The third kappa shape index (κ3) is 4.84. The summed E-state index contributed by atoms with van der Waals surface area (Å²) in [6, 6.07) is 34.0. The third-order valence-corrected chi connectivity index (χ3v) is 6.66. The molecular formula is C32H28N2O2. The zero-order valence-electron chi connectivity index (χ0n) is 20.2. The Balaban J connectivity index is 1.38. The summed E-state index contributed by atoms with van der Waals surface area (Å²) in [5.74, 6) is -0.0653. The molecule has 1 aromatic heterocycles. The smallest absolute Gasteiger partial charge is 0.251 e. The molecule has 5 rings (SSSR count). The van der Waals surface area contributed by atoms with Gasteiger partial charge in [0.05, 0.1) is 6.04 Å². The Kier molecular flexibility index (Phi) is 6.76. The van der Waals surface area contributed by atoms with Crippen LogP contribution in [0.4, 0.5) is 0 Å². The number of aldehydes is 1. The number of amides is 1. The highest BCUT2D eigenvalue weighted by molar-refractivity contribution is 5.98. The minimum atomic E-state index is -0.0653. The van der Waals surface area contributed by atoms with Crippen molar-refractivity contribution in [3.05, 3.63) is 132 Å². The number of benzene rings is 4. The topological polar surface area (TPSA) is 51.1 Å². The minimum Gasteiger partial charge on any atom is -0.345 e. The van der Waals surface area contributed by atoms with Crippen LogP contribution in [0.15, 0.2) is 109 Å². The number of hydrogen-bond acceptors (Lipinski definition) is 2. The lowest BCUT2D eigenvalue weighted by atomic mass is 9.98. The number of rotatable bonds is 8. The molecule has 0 radical (unpaired) electrons. The van der Waals surface area contributed by atoms with Gasteiger partial charge >= 0.3 is 0 Å². The zero-order valence-corrected chi connectivity index (χ0v) is 20.2. The summed E-state index contributed by atoms with van der Waals surface area (Å²) >= 11 is 0. The fourth-order valence-corrected chi connectivity index (χ4v) is 4.69. The number of hydrogen-bond donors (Lipinski definition) is 1. The SMILES string of the molecule is CCC(NC(=O)c1ccc2c(ccn2Cc2ccccc2-c2ccc(C=O)cc2)c1)c1ccccc1. The Bertz CT molecular complexity index is 1500. The summed E-state index contributed by atoms with van der Waals surface area (Å²) in [6.45, 7) is 2.78. The molecule has 4 nitrogen and oxygen atoms in total. The highest BCUT2D eigenvalue weighted by Gasteiger charge is 2.15. The Morgan fingerprint density at radius 2 is 1.64 bits per heavy atom. The fraction of sp³-hybridized carbons (Fsp3) is 0.125. The van der Waals surface area contributed by atoms with E-state index < -0.39 is 0 Å². The summed E-state index contributed by atoms with van der Waals surface area (Å²) in [5, 5.41) is 4.21. The van der Waals surface area contributed by atoms with Crippen LogP contribution in [-0.2, 0) is 6.54 Å². The maximum absolute atomic E-state index is 13.0. The van der Waals surface area contributed by atoms with E-state index in [1.807, 2.05) is 84.9 Å². The molecule has 0 spiro atoms. The monoisotopic (exact) mass is 472 g/mol. The van der Waals surface area contributed by atoms with Crippen LogP contribution in [0.1, 0.15) is 51.2 Å². The highest BCUT2D eigenvalue weighted by atomic mass is 16.1. The number of aromatic nitrogens is 1. The summed E-state index contributed by atoms with van der Waals surface area (Å²) in [5.41, 5.74) is 6.92. The van der Waals surface area contributed by atoms with E-state index in [4.69, 9.17) is 0 Å². The molecular weight excluding hydrogens is 444 g/mol. The summed E-state index contributed by atoms with van der Waals surface area (Å²) in [7, 11) is 0. The second-order valence-corrected chi connectivity index (χ2v) is 8.96. The maximum atomic E-state index is 13.0. The second kappa shape index (κ2) is 10.4. The van der Waals surface area contributed by atoms with Crippen molar-refractivity contribution < 1.29 is 9.59 Å². The molecule has 1 atom stereocenters. The van der Waals surface area contributed by atoms with Crippen LogP contribution in [-0.4, -0.2) is 16.8 Å². The number of carbonyl (C=O) groups excluding carboxylic acids is 2. The quantitative estimate of drug-likeness (QED) is 0.246. The van der Waals surface area contributed by atoms with Gasteiger partial charge < -0.3 is 9.88 Å². The van der Waals surface area contributed by atoms with Gasteiger partial charge in [-0.2, -0.15) is 0 Å². The number of nitrogens with zero attached hydrogens (tertiary/aromatic N) is 1. The van der Waals surface area contributed by atoms with Gasteiger partial charge in [-0.05, 0) is 52.9 Å². The van der Waals surface area contributed by atoms with E-state index in [0.29, 0.717) is 17.7 Å². The molecule has 4 heteroatoms. The van der Waals surface area contributed by atoms with Crippen molar-refractivity contribution in [2.24, 2.45) is 0 Å². The fourth-order valence-electron chi connectivity index (χ4n) is 4.69. The Hall–Kier alpha value is -4.44. The van der Waals surface area contributed by atoms with Gasteiger partial charge in [0.15, 0.2) is 0 Å². The van der Waals surface area contributed by atoms with Crippen LogP contribution >= 0.6 is 0 Å². The van der Waals surface area contributed by atoms with Crippen molar-refractivity contribution in [3.63, 3.8) is 0 Å². The minimum absolute atomic E-state index is 0.0175. The van der Waals surface area contributed by atoms with Gasteiger partial charge in [-0.25, -0.2) is 0 Å². The van der Waals surface area contributed by atoms with E-state index in [2.05, 4.69) is 41.2 Å². The number of nitrogens with one attached hydrogen (secondary N) is 1. The van der Waals surface area contributed by atoms with Crippen molar-refractivity contribution in [1.82, 2.24) is 9.88 Å². The predicted molar refractivity (Wildman–Crippen MR) is 145 cm³/mol. The second-order valence-electron chi connectivity index (χ2n) is 8.96. The van der Waals surface area contributed by atoms with Crippen LogP contribution in [0.5, 0.6) is 0 Å². The lowest BCUT2D eigenvalue weighted by Gasteiger charge is -2.17. The number of carbonyl (C=O) groups is 2. The molecule has 0 bridgehead atoms. The lowest BCUT2D eigenvalue weighted by Crippen LogP contribution is -2.28. The molecule has 178 valence electrons. The van der Waals surface area contributed by atoms with Crippen LogP contribution in [0.25, 0.3) is 22.0 Å². The first-order valence-corrected chi connectivity index (χ1v) is 12.2. The van der Waals surface area contributed by atoms with Gasteiger partial charge in [0.2, 0.25) is 0 Å². The Morgan fingerprint density at radius 3 is 2.39 bits per heavy atom. The third-order valence-electron chi connectivity index (χ3n) is 6.66. The standard InChI is InChI=1S/C32H28N2O2/c1-2-30(25-8-4-3-5-9-25)33-32(36)27-16-17-31-26(20-27)18-19-34(31)21-28-10-6-7-11-29(28)24-14-12-23(22-35)13-15-24/h3-20,22,30H,2,21H2,1H3,(H,33,36). The van der Waals surface area contributed by atoms with Crippen LogP contribution in [0.2, 0.25) is 0 Å². The molecule has 0 saturated carbocycles. The summed E-state index contributed by atoms with van der Waals surface area (Å²) in [4.78, 5) is 24.1. The van der Waals surface area contributed by atoms with Gasteiger partial charge in [0.1, 0.15) is 6.29 Å². The number of fused-ring (bicyclic) bond motifs is 1.